The minimum absolute atomic E-state index is 0.273. The first-order chi connectivity index (χ1) is 5.16. The number of carboxylic acid groups (broad SMARTS) is 1. The molecule has 0 aromatic heterocycles. The average Bonchev–Trinajstić information content (AvgIpc) is 2.30. The van der Waals surface area contributed by atoms with E-state index in [1.54, 1.807) is 0 Å². The Labute approximate surface area is 64.0 Å². The van der Waals surface area contributed by atoms with E-state index in [0.29, 0.717) is 0 Å². The molecule has 0 amide bonds. The van der Waals surface area contributed by atoms with Crippen molar-refractivity contribution in [3.8, 4) is 0 Å². The molecule has 0 spiro atoms. The summed E-state index contributed by atoms with van der Waals surface area (Å²) in [6.07, 6.45) is -1.35. The van der Waals surface area contributed by atoms with Crippen molar-refractivity contribution < 1.29 is 19.7 Å². The second-order valence-electron chi connectivity index (χ2n) is 2.49. The highest BCUT2D eigenvalue weighted by atomic mass is 16.5. The van der Waals surface area contributed by atoms with Crippen LogP contribution in [0.1, 0.15) is 0 Å². The summed E-state index contributed by atoms with van der Waals surface area (Å²) in [6.45, 7) is 0.273. The molecule has 0 radical (unpaired) electrons. The van der Waals surface area contributed by atoms with Crippen LogP contribution in [0, 0.1) is 0 Å². The summed E-state index contributed by atoms with van der Waals surface area (Å²) in [4.78, 5) is 10.5. The second-order valence-corrected chi connectivity index (χ2v) is 2.49. The molecular weight excluding hydrogens is 150 g/mol. The number of hydrogen-bond donors (Lipinski definition) is 3. The first-order valence-electron chi connectivity index (χ1n) is 3.34. The number of carboxylic acids is 1. The minimum atomic E-state index is -0.992. The van der Waals surface area contributed by atoms with Crippen LogP contribution in [0.5, 0.6) is 0 Å². The Morgan fingerprint density at radius 2 is 2.36 bits per heavy atom. The zero-order valence-corrected chi connectivity index (χ0v) is 6.15. The van der Waals surface area contributed by atoms with Crippen LogP contribution in [0.2, 0.25) is 0 Å². The molecule has 2 unspecified atom stereocenters. The van der Waals surface area contributed by atoms with Gasteiger partial charge in [0.05, 0.1) is 6.10 Å². The number of hydrogen-bond acceptors (Lipinski definition) is 4. The number of aliphatic hydroxyl groups is 1. The van der Waals surface area contributed by atoms with Crippen LogP contribution in [0.4, 0.5) is 0 Å². The van der Waals surface area contributed by atoms with Crippen molar-refractivity contribution in [1.29, 1.82) is 0 Å². The van der Waals surface area contributed by atoms with Crippen molar-refractivity contribution in [2.75, 3.05) is 13.7 Å². The molecule has 1 saturated heterocycles. The van der Waals surface area contributed by atoms with Crippen molar-refractivity contribution in [2.45, 2.75) is 18.2 Å². The van der Waals surface area contributed by atoms with Crippen molar-refractivity contribution in [2.24, 2.45) is 0 Å². The van der Waals surface area contributed by atoms with E-state index in [4.69, 9.17) is 14.9 Å². The normalized spacial score (nSPS) is 37.5. The molecule has 1 aliphatic heterocycles. The summed E-state index contributed by atoms with van der Waals surface area (Å²) in [7, 11) is 1.39. The van der Waals surface area contributed by atoms with Gasteiger partial charge in [0.1, 0.15) is 12.1 Å². The molecule has 3 N–H and O–H groups in total. The van der Waals surface area contributed by atoms with Crippen molar-refractivity contribution in [1.82, 2.24) is 5.32 Å². The summed E-state index contributed by atoms with van der Waals surface area (Å²) < 4.78 is 4.80. The average molecular weight is 161 g/mol. The molecule has 11 heavy (non-hydrogen) atoms. The van der Waals surface area contributed by atoms with E-state index in [1.165, 1.54) is 7.11 Å². The summed E-state index contributed by atoms with van der Waals surface area (Å²) in [6, 6.07) is -0.782. The fourth-order valence-corrected chi connectivity index (χ4v) is 1.22. The summed E-state index contributed by atoms with van der Waals surface area (Å²) in [5.41, 5.74) is 0. The highest BCUT2D eigenvalue weighted by Gasteiger charge is 2.39. The molecule has 0 aromatic carbocycles. The quantitative estimate of drug-likeness (QED) is 0.455. The molecule has 0 bridgehead atoms. The van der Waals surface area contributed by atoms with Gasteiger partial charge in [0.2, 0.25) is 0 Å². The van der Waals surface area contributed by atoms with E-state index in [2.05, 4.69) is 5.32 Å². The zero-order chi connectivity index (χ0) is 8.43. The molecule has 1 heterocycles. The summed E-state index contributed by atoms with van der Waals surface area (Å²) in [5, 5.41) is 20.4. The van der Waals surface area contributed by atoms with E-state index >= 15 is 0 Å². The van der Waals surface area contributed by atoms with Gasteiger partial charge >= 0.3 is 5.97 Å². The van der Waals surface area contributed by atoms with Crippen LogP contribution in [-0.2, 0) is 9.53 Å². The van der Waals surface area contributed by atoms with Gasteiger partial charge in [-0.15, -0.1) is 0 Å². The van der Waals surface area contributed by atoms with Crippen LogP contribution in [-0.4, -0.2) is 48.1 Å². The highest BCUT2D eigenvalue weighted by Crippen LogP contribution is 2.11. The lowest BCUT2D eigenvalue weighted by Gasteiger charge is -2.15. The molecule has 1 fully saturated rings. The molecule has 0 aromatic rings. The van der Waals surface area contributed by atoms with Crippen LogP contribution < -0.4 is 5.32 Å². The Bertz CT molecular complexity index is 161. The molecule has 64 valence electrons. The molecule has 5 heteroatoms. The Morgan fingerprint density at radius 3 is 2.73 bits per heavy atom. The van der Waals surface area contributed by atoms with Gasteiger partial charge in [-0.25, -0.2) is 0 Å². The standard InChI is InChI=1S/C6H11NO4/c1-11-5-3(8)2-7-4(5)6(9)10/h3-5,7-8H,2H2,1H3,(H,9,10)/t3?,4-,5?/m0/s1. The third-order valence-corrected chi connectivity index (χ3v) is 1.79. The van der Waals surface area contributed by atoms with Crippen LogP contribution >= 0.6 is 0 Å². The van der Waals surface area contributed by atoms with E-state index in [9.17, 15) is 4.79 Å². The number of aliphatic hydroxyl groups excluding tert-OH is 1. The smallest absolute Gasteiger partial charge is 0.323 e. The number of carbonyl (C=O) groups is 1. The monoisotopic (exact) mass is 161 g/mol. The van der Waals surface area contributed by atoms with Crippen LogP contribution in [0.3, 0.4) is 0 Å². The van der Waals surface area contributed by atoms with E-state index < -0.39 is 24.2 Å². The molecule has 1 aliphatic rings. The Balaban J connectivity index is 2.61. The van der Waals surface area contributed by atoms with Crippen LogP contribution in [0.25, 0.3) is 0 Å². The summed E-state index contributed by atoms with van der Waals surface area (Å²) in [5.74, 6) is -0.992. The van der Waals surface area contributed by atoms with Gasteiger partial charge in [0.25, 0.3) is 0 Å². The van der Waals surface area contributed by atoms with E-state index in [-0.39, 0.29) is 6.54 Å². The Hall–Kier alpha value is -0.650. The predicted octanol–water partition coefficient (Wildman–Crippen LogP) is -1.58. The lowest BCUT2D eigenvalue weighted by Crippen LogP contribution is -2.41. The first-order valence-corrected chi connectivity index (χ1v) is 3.34. The number of aliphatic carboxylic acids is 1. The van der Waals surface area contributed by atoms with Gasteiger partial charge in [0, 0.05) is 13.7 Å². The number of β-amino-alcohol motifs (C(OH)–C–C–N with tert-alkyl or cyclic N) is 1. The van der Waals surface area contributed by atoms with Gasteiger partial charge in [-0.2, -0.15) is 0 Å². The third-order valence-electron chi connectivity index (χ3n) is 1.79. The molecule has 3 atom stereocenters. The third kappa shape index (κ3) is 1.50. The molecule has 1 rings (SSSR count). The molecule has 5 nitrogen and oxygen atoms in total. The van der Waals surface area contributed by atoms with Gasteiger partial charge in [-0.1, -0.05) is 0 Å². The largest absolute Gasteiger partial charge is 0.480 e. The number of ether oxygens (including phenoxy) is 1. The van der Waals surface area contributed by atoms with Gasteiger partial charge in [-0.05, 0) is 0 Å². The predicted molar refractivity (Wildman–Crippen MR) is 36.2 cm³/mol. The number of rotatable bonds is 2. The lowest BCUT2D eigenvalue weighted by atomic mass is 10.1. The fourth-order valence-electron chi connectivity index (χ4n) is 1.22. The maximum Gasteiger partial charge on any atom is 0.323 e. The Morgan fingerprint density at radius 1 is 1.73 bits per heavy atom. The van der Waals surface area contributed by atoms with Crippen molar-refractivity contribution in [3.63, 3.8) is 0 Å². The van der Waals surface area contributed by atoms with E-state index in [1.807, 2.05) is 0 Å². The number of methoxy groups -OCH3 is 1. The molecule has 0 aliphatic carbocycles. The highest BCUT2D eigenvalue weighted by molar-refractivity contribution is 5.75. The maximum atomic E-state index is 10.5. The van der Waals surface area contributed by atoms with E-state index in [0.717, 1.165) is 0 Å². The van der Waals surface area contributed by atoms with Crippen LogP contribution in [0.15, 0.2) is 0 Å². The minimum Gasteiger partial charge on any atom is -0.480 e. The lowest BCUT2D eigenvalue weighted by molar-refractivity contribution is -0.143. The zero-order valence-electron chi connectivity index (χ0n) is 6.15. The SMILES string of the molecule is COC1C(O)CN[C@@H]1C(=O)O. The van der Waals surface area contributed by atoms with Gasteiger partial charge in [-0.3, -0.25) is 10.1 Å². The second kappa shape index (κ2) is 3.17. The van der Waals surface area contributed by atoms with Crippen molar-refractivity contribution >= 4 is 5.97 Å². The molecular formula is C6H11NO4. The Kier molecular flexibility index (Phi) is 2.43. The maximum absolute atomic E-state index is 10.5. The fraction of sp³-hybridized carbons (Fsp3) is 0.833. The van der Waals surface area contributed by atoms with Gasteiger partial charge in [0.15, 0.2) is 0 Å². The van der Waals surface area contributed by atoms with Crippen molar-refractivity contribution in [3.05, 3.63) is 0 Å². The summed E-state index contributed by atoms with van der Waals surface area (Å²) >= 11 is 0. The van der Waals surface area contributed by atoms with Gasteiger partial charge < -0.3 is 14.9 Å². The first kappa shape index (κ1) is 8.45. The number of nitrogens with one attached hydrogen (secondary N) is 1. The topological polar surface area (TPSA) is 78.8 Å². The molecule has 0 saturated carbocycles.